The van der Waals surface area contributed by atoms with Crippen molar-refractivity contribution in [3.63, 3.8) is 0 Å². The van der Waals surface area contributed by atoms with E-state index >= 15 is 0 Å². The molecule has 2 N–H and O–H groups in total. The molecular weight excluding hydrogens is 265 g/mol. The molecule has 18 heavy (non-hydrogen) atoms. The van der Waals surface area contributed by atoms with Crippen LogP contribution in [0.5, 0.6) is 0 Å². The first-order valence-electron chi connectivity index (χ1n) is 4.81. The number of halogens is 3. The maximum absolute atomic E-state index is 12.5. The highest BCUT2D eigenvalue weighted by Crippen LogP contribution is 2.31. The van der Waals surface area contributed by atoms with Gasteiger partial charge in [-0.1, -0.05) is 12.1 Å². The molecule has 0 saturated heterocycles. The van der Waals surface area contributed by atoms with Gasteiger partial charge in [-0.25, -0.2) is 0 Å². The van der Waals surface area contributed by atoms with E-state index in [9.17, 15) is 18.0 Å². The Hall–Kier alpha value is -1.76. The lowest BCUT2D eigenvalue weighted by Gasteiger charge is -2.06. The Bertz CT molecular complexity index is 564. The molecule has 0 radical (unpaired) electrons. The number of carbonyl (C=O) groups excluding carboxylic acids is 1. The highest BCUT2D eigenvalue weighted by Gasteiger charge is 2.30. The van der Waals surface area contributed by atoms with Gasteiger partial charge in [0.2, 0.25) is 0 Å². The van der Waals surface area contributed by atoms with Crippen LogP contribution in [0.1, 0.15) is 11.1 Å². The topological polar surface area (TPSA) is 55.4 Å². The summed E-state index contributed by atoms with van der Waals surface area (Å²) in [5, 5.41) is 0.0956. The van der Waals surface area contributed by atoms with E-state index < -0.39 is 17.6 Å². The van der Waals surface area contributed by atoms with E-state index in [0.29, 0.717) is 0 Å². The van der Waals surface area contributed by atoms with E-state index in [1.807, 2.05) is 0 Å². The molecule has 1 aromatic rings. The van der Waals surface area contributed by atoms with Crippen molar-refractivity contribution in [3.05, 3.63) is 40.3 Å². The molecule has 3 nitrogen and oxygen atoms in total. The Kier molecular flexibility index (Phi) is 3.16. The number of nitrogens with zero attached hydrogens (tertiary/aromatic N) is 1. The van der Waals surface area contributed by atoms with E-state index in [2.05, 4.69) is 4.99 Å². The van der Waals surface area contributed by atoms with Crippen LogP contribution in [-0.2, 0) is 11.0 Å². The summed E-state index contributed by atoms with van der Waals surface area (Å²) in [7, 11) is 0. The second kappa shape index (κ2) is 4.49. The Morgan fingerprint density at radius 1 is 1.33 bits per heavy atom. The van der Waals surface area contributed by atoms with E-state index in [4.69, 9.17) is 5.73 Å². The van der Waals surface area contributed by atoms with Crippen LogP contribution in [0, 0.1) is 0 Å². The average molecular weight is 272 g/mol. The van der Waals surface area contributed by atoms with Crippen molar-refractivity contribution in [3.8, 4) is 0 Å². The first-order chi connectivity index (χ1) is 8.36. The normalized spacial score (nSPS) is 18.3. The molecule has 0 spiro atoms. The summed E-state index contributed by atoms with van der Waals surface area (Å²) in [5.74, 6) is -0.532. The van der Waals surface area contributed by atoms with Crippen LogP contribution in [0.3, 0.4) is 0 Å². The summed E-state index contributed by atoms with van der Waals surface area (Å²) < 4.78 is 37.5. The summed E-state index contributed by atoms with van der Waals surface area (Å²) >= 11 is 0.940. The van der Waals surface area contributed by atoms with Gasteiger partial charge in [-0.15, -0.1) is 0 Å². The number of nitrogens with two attached hydrogens (primary N) is 1. The average Bonchev–Trinajstić information content (AvgIpc) is 2.56. The Balaban J connectivity index is 2.31. The van der Waals surface area contributed by atoms with E-state index in [1.54, 1.807) is 0 Å². The Morgan fingerprint density at radius 3 is 2.61 bits per heavy atom. The minimum Gasteiger partial charge on any atom is -0.378 e. The van der Waals surface area contributed by atoms with Gasteiger partial charge in [0.1, 0.15) is 0 Å². The molecule has 0 unspecified atom stereocenters. The van der Waals surface area contributed by atoms with Crippen molar-refractivity contribution in [2.75, 3.05) is 0 Å². The zero-order chi connectivity index (χ0) is 13.3. The number of aliphatic imine (C=N–C) groups is 1. The molecule has 2 rings (SSSR count). The number of amides is 1. The molecule has 1 amide bonds. The molecule has 7 heteroatoms. The summed E-state index contributed by atoms with van der Waals surface area (Å²) in [4.78, 5) is 15.0. The number of hydrogen-bond acceptors (Lipinski definition) is 3. The van der Waals surface area contributed by atoms with Crippen LogP contribution in [0.15, 0.2) is 34.2 Å². The predicted octanol–water partition coefficient (Wildman–Crippen LogP) is 2.63. The first-order valence-corrected chi connectivity index (χ1v) is 5.63. The quantitative estimate of drug-likeness (QED) is 0.799. The molecule has 0 bridgehead atoms. The van der Waals surface area contributed by atoms with Crippen LogP contribution in [0.2, 0.25) is 0 Å². The maximum Gasteiger partial charge on any atom is 0.416 e. The summed E-state index contributed by atoms with van der Waals surface area (Å²) in [5.41, 5.74) is 4.86. The molecule has 0 saturated carbocycles. The number of rotatable bonds is 1. The van der Waals surface area contributed by atoms with Gasteiger partial charge in [-0.2, -0.15) is 18.2 Å². The highest BCUT2D eigenvalue weighted by atomic mass is 32.2. The SMILES string of the molecule is NC1=NC(=O)/C(=C/c2cccc(C(F)(F)F)c2)S1. The zero-order valence-corrected chi connectivity index (χ0v) is 9.68. The van der Waals surface area contributed by atoms with Crippen molar-refractivity contribution in [2.45, 2.75) is 6.18 Å². The van der Waals surface area contributed by atoms with Crippen LogP contribution in [0.4, 0.5) is 13.2 Å². The molecule has 1 aromatic carbocycles. The van der Waals surface area contributed by atoms with Crippen molar-refractivity contribution in [1.82, 2.24) is 0 Å². The number of hydrogen-bond donors (Lipinski definition) is 1. The number of amidine groups is 1. The number of carbonyl (C=O) groups is 1. The van der Waals surface area contributed by atoms with Crippen molar-refractivity contribution >= 4 is 28.9 Å². The molecular formula is C11H7F3N2OS. The van der Waals surface area contributed by atoms with Gasteiger partial charge in [0.25, 0.3) is 5.91 Å². The van der Waals surface area contributed by atoms with Crippen LogP contribution < -0.4 is 5.73 Å². The van der Waals surface area contributed by atoms with E-state index in [-0.39, 0.29) is 15.6 Å². The van der Waals surface area contributed by atoms with Gasteiger partial charge in [0.05, 0.1) is 10.5 Å². The van der Waals surface area contributed by atoms with Crippen molar-refractivity contribution in [1.29, 1.82) is 0 Å². The van der Waals surface area contributed by atoms with Gasteiger partial charge in [0, 0.05) is 0 Å². The first kappa shape index (κ1) is 12.7. The van der Waals surface area contributed by atoms with E-state index in [1.165, 1.54) is 18.2 Å². The third-order valence-electron chi connectivity index (χ3n) is 2.15. The van der Waals surface area contributed by atoms with Gasteiger partial charge in [-0.05, 0) is 35.5 Å². The molecule has 0 aliphatic carbocycles. The number of thioether (sulfide) groups is 1. The van der Waals surface area contributed by atoms with E-state index in [0.717, 1.165) is 23.9 Å². The fourth-order valence-corrected chi connectivity index (χ4v) is 2.06. The lowest BCUT2D eigenvalue weighted by Crippen LogP contribution is -2.04. The van der Waals surface area contributed by atoms with Gasteiger partial charge < -0.3 is 5.73 Å². The van der Waals surface area contributed by atoms with Crippen molar-refractivity contribution < 1.29 is 18.0 Å². The number of benzene rings is 1. The largest absolute Gasteiger partial charge is 0.416 e. The standard InChI is InChI=1S/C11H7F3N2OS/c12-11(13,14)7-3-1-2-6(4-7)5-8-9(17)16-10(15)18-8/h1-5H,(H2,15,16,17)/b8-5-. The number of alkyl halides is 3. The smallest absolute Gasteiger partial charge is 0.378 e. The van der Waals surface area contributed by atoms with Crippen LogP contribution in [-0.4, -0.2) is 11.1 Å². The second-order valence-electron chi connectivity index (χ2n) is 3.49. The van der Waals surface area contributed by atoms with Gasteiger partial charge in [0.15, 0.2) is 5.17 Å². The summed E-state index contributed by atoms with van der Waals surface area (Å²) in [6.45, 7) is 0. The van der Waals surface area contributed by atoms with Crippen LogP contribution >= 0.6 is 11.8 Å². The maximum atomic E-state index is 12.5. The predicted molar refractivity (Wildman–Crippen MR) is 63.6 cm³/mol. The Morgan fingerprint density at radius 2 is 2.06 bits per heavy atom. The fourth-order valence-electron chi connectivity index (χ4n) is 1.38. The monoisotopic (exact) mass is 272 g/mol. The molecule has 0 fully saturated rings. The molecule has 94 valence electrons. The molecule has 0 aromatic heterocycles. The lowest BCUT2D eigenvalue weighted by molar-refractivity contribution is -0.137. The Labute approximate surface area is 105 Å². The molecule has 0 atom stereocenters. The third kappa shape index (κ3) is 2.73. The summed E-state index contributed by atoms with van der Waals surface area (Å²) in [6.07, 6.45) is -3.07. The third-order valence-corrected chi connectivity index (χ3v) is 2.96. The van der Waals surface area contributed by atoms with Crippen LogP contribution in [0.25, 0.3) is 6.08 Å². The highest BCUT2D eigenvalue weighted by molar-refractivity contribution is 8.18. The second-order valence-corrected chi connectivity index (χ2v) is 4.55. The van der Waals surface area contributed by atoms with Gasteiger partial charge in [-0.3, -0.25) is 4.79 Å². The lowest BCUT2D eigenvalue weighted by atomic mass is 10.1. The zero-order valence-electron chi connectivity index (χ0n) is 8.86. The van der Waals surface area contributed by atoms with Gasteiger partial charge >= 0.3 is 6.18 Å². The summed E-state index contributed by atoms with van der Waals surface area (Å²) in [6, 6.07) is 4.69. The molecule has 1 heterocycles. The molecule has 1 aliphatic rings. The van der Waals surface area contributed by atoms with Crippen molar-refractivity contribution in [2.24, 2.45) is 10.7 Å². The molecule has 1 aliphatic heterocycles. The minimum atomic E-state index is -4.41. The fraction of sp³-hybridized carbons (Fsp3) is 0.0909. The minimum absolute atomic E-state index is 0.0956.